The van der Waals surface area contributed by atoms with Crippen molar-refractivity contribution in [1.82, 2.24) is 0 Å². The van der Waals surface area contributed by atoms with Gasteiger partial charge >= 0.3 is 0 Å². The first kappa shape index (κ1) is 10.2. The van der Waals surface area contributed by atoms with E-state index in [1.165, 1.54) is 16.5 Å². The fourth-order valence-corrected chi connectivity index (χ4v) is 1.83. The van der Waals surface area contributed by atoms with Crippen molar-refractivity contribution in [3.63, 3.8) is 0 Å². The van der Waals surface area contributed by atoms with Gasteiger partial charge in [0.05, 0.1) is 0 Å². The maximum atomic E-state index is 8.78. The summed E-state index contributed by atoms with van der Waals surface area (Å²) in [6.45, 7) is 4.32. The van der Waals surface area contributed by atoms with Gasteiger partial charge in [-0.25, -0.2) is 0 Å². The molecule has 0 aliphatic heterocycles. The highest BCUT2D eigenvalue weighted by Gasteiger charge is 2.06. The molecular formula is C13H16O2. The van der Waals surface area contributed by atoms with E-state index in [4.69, 9.17) is 9.52 Å². The van der Waals surface area contributed by atoms with E-state index in [-0.39, 0.29) is 6.61 Å². The fraction of sp³-hybridized carbons (Fsp3) is 0.385. The molecule has 0 radical (unpaired) electrons. The van der Waals surface area contributed by atoms with Crippen molar-refractivity contribution in [2.45, 2.75) is 26.7 Å². The molecule has 80 valence electrons. The third kappa shape index (κ3) is 1.90. The zero-order valence-electron chi connectivity index (χ0n) is 9.21. The van der Waals surface area contributed by atoms with Crippen LogP contribution in [0.25, 0.3) is 11.0 Å². The average molecular weight is 204 g/mol. The van der Waals surface area contributed by atoms with Crippen LogP contribution in [0.2, 0.25) is 0 Å². The lowest BCUT2D eigenvalue weighted by molar-refractivity contribution is 0.288. The molecule has 2 heteroatoms. The van der Waals surface area contributed by atoms with E-state index in [2.05, 4.69) is 19.1 Å². The third-order valence-corrected chi connectivity index (χ3v) is 2.86. The van der Waals surface area contributed by atoms with Crippen molar-refractivity contribution in [3.8, 4) is 0 Å². The van der Waals surface area contributed by atoms with Crippen LogP contribution in [0.5, 0.6) is 0 Å². The van der Waals surface area contributed by atoms with E-state index in [9.17, 15) is 0 Å². The maximum absolute atomic E-state index is 8.78. The second-order valence-corrected chi connectivity index (χ2v) is 3.94. The molecule has 1 aromatic carbocycles. The van der Waals surface area contributed by atoms with Crippen LogP contribution in [0.1, 0.15) is 23.3 Å². The number of aliphatic hydroxyl groups is 1. The minimum atomic E-state index is 0.251. The molecule has 1 N–H and O–H groups in total. The third-order valence-electron chi connectivity index (χ3n) is 2.86. The van der Waals surface area contributed by atoms with Crippen LogP contribution >= 0.6 is 0 Å². The highest BCUT2D eigenvalue weighted by Crippen LogP contribution is 2.25. The molecule has 0 atom stereocenters. The summed E-state index contributed by atoms with van der Waals surface area (Å²) in [6.07, 6.45) is 1.75. The van der Waals surface area contributed by atoms with Gasteiger partial charge < -0.3 is 9.52 Å². The van der Waals surface area contributed by atoms with Gasteiger partial charge in [0, 0.05) is 12.0 Å². The van der Waals surface area contributed by atoms with Crippen LogP contribution in [0, 0.1) is 13.8 Å². The van der Waals surface area contributed by atoms with Gasteiger partial charge in [-0.05, 0) is 49.9 Å². The standard InChI is InChI=1S/C13H16O2/c1-9-10(2)15-13-6-5-11(4-3-7-14)8-12(9)13/h5-6,8,14H,3-4,7H2,1-2H3. The predicted octanol–water partition coefficient (Wildman–Crippen LogP) is 2.97. The van der Waals surface area contributed by atoms with Gasteiger partial charge in [0.25, 0.3) is 0 Å². The lowest BCUT2D eigenvalue weighted by Crippen LogP contribution is -1.88. The number of hydrogen-bond acceptors (Lipinski definition) is 2. The van der Waals surface area contributed by atoms with Crippen molar-refractivity contribution in [2.75, 3.05) is 6.61 Å². The maximum Gasteiger partial charge on any atom is 0.134 e. The van der Waals surface area contributed by atoms with Crippen molar-refractivity contribution in [2.24, 2.45) is 0 Å². The van der Waals surface area contributed by atoms with Gasteiger partial charge in [-0.3, -0.25) is 0 Å². The Morgan fingerprint density at radius 2 is 2.07 bits per heavy atom. The number of fused-ring (bicyclic) bond motifs is 1. The summed E-state index contributed by atoms with van der Waals surface area (Å²) in [5, 5.41) is 9.98. The highest BCUT2D eigenvalue weighted by molar-refractivity contribution is 5.82. The molecule has 0 amide bonds. The Hall–Kier alpha value is -1.28. The van der Waals surface area contributed by atoms with E-state index < -0.39 is 0 Å². The Morgan fingerprint density at radius 1 is 1.27 bits per heavy atom. The second kappa shape index (κ2) is 4.07. The quantitative estimate of drug-likeness (QED) is 0.833. The topological polar surface area (TPSA) is 33.4 Å². The molecule has 2 nitrogen and oxygen atoms in total. The van der Waals surface area contributed by atoms with Crippen LogP contribution in [0.4, 0.5) is 0 Å². The molecule has 0 saturated carbocycles. The molecule has 15 heavy (non-hydrogen) atoms. The SMILES string of the molecule is Cc1oc2ccc(CCCO)cc2c1C. The summed E-state index contributed by atoms with van der Waals surface area (Å²) in [5.41, 5.74) is 3.44. The van der Waals surface area contributed by atoms with Gasteiger partial charge in [-0.2, -0.15) is 0 Å². The summed E-state index contributed by atoms with van der Waals surface area (Å²) in [6, 6.07) is 6.25. The normalized spacial score (nSPS) is 11.1. The van der Waals surface area contributed by atoms with Crippen LogP contribution in [-0.2, 0) is 6.42 Å². The predicted molar refractivity (Wildman–Crippen MR) is 61.1 cm³/mol. The Bertz CT molecular complexity index is 469. The number of aliphatic hydroxyl groups excluding tert-OH is 1. The number of benzene rings is 1. The zero-order chi connectivity index (χ0) is 10.8. The lowest BCUT2D eigenvalue weighted by Gasteiger charge is -1.99. The number of hydrogen-bond donors (Lipinski definition) is 1. The molecule has 2 rings (SSSR count). The van der Waals surface area contributed by atoms with E-state index >= 15 is 0 Å². The van der Waals surface area contributed by atoms with Gasteiger partial charge in [0.2, 0.25) is 0 Å². The highest BCUT2D eigenvalue weighted by atomic mass is 16.3. The van der Waals surface area contributed by atoms with Crippen LogP contribution < -0.4 is 0 Å². The zero-order valence-corrected chi connectivity index (χ0v) is 9.21. The van der Waals surface area contributed by atoms with E-state index in [1.807, 2.05) is 13.0 Å². The molecule has 0 fully saturated rings. The summed E-state index contributed by atoms with van der Waals surface area (Å²) in [4.78, 5) is 0. The average Bonchev–Trinajstić information content (AvgIpc) is 2.52. The molecule has 0 saturated heterocycles. The lowest BCUT2D eigenvalue weighted by atomic mass is 10.1. The van der Waals surface area contributed by atoms with Crippen LogP contribution in [0.15, 0.2) is 22.6 Å². The molecule has 2 aromatic rings. The van der Waals surface area contributed by atoms with Gasteiger partial charge in [-0.1, -0.05) is 6.07 Å². The van der Waals surface area contributed by atoms with Gasteiger partial charge in [-0.15, -0.1) is 0 Å². The van der Waals surface area contributed by atoms with Gasteiger partial charge in [0.15, 0.2) is 0 Å². The fourth-order valence-electron chi connectivity index (χ4n) is 1.83. The Kier molecular flexibility index (Phi) is 2.78. The number of furan rings is 1. The molecule has 0 spiro atoms. The Balaban J connectivity index is 2.41. The minimum Gasteiger partial charge on any atom is -0.461 e. The van der Waals surface area contributed by atoms with Crippen molar-refractivity contribution in [3.05, 3.63) is 35.1 Å². The molecule has 0 aliphatic carbocycles. The van der Waals surface area contributed by atoms with Crippen molar-refractivity contribution >= 4 is 11.0 Å². The smallest absolute Gasteiger partial charge is 0.134 e. The summed E-state index contributed by atoms with van der Waals surface area (Å²) >= 11 is 0. The molecule has 1 heterocycles. The Labute approximate surface area is 89.5 Å². The molecular weight excluding hydrogens is 188 g/mol. The van der Waals surface area contributed by atoms with Crippen molar-refractivity contribution in [1.29, 1.82) is 0 Å². The molecule has 1 aromatic heterocycles. The summed E-state index contributed by atoms with van der Waals surface area (Å²) in [5.74, 6) is 0.990. The molecule has 0 aliphatic rings. The van der Waals surface area contributed by atoms with E-state index in [0.29, 0.717) is 0 Å². The first-order valence-corrected chi connectivity index (χ1v) is 5.32. The first-order chi connectivity index (χ1) is 7.22. The molecule has 0 unspecified atom stereocenters. The van der Waals surface area contributed by atoms with Gasteiger partial charge in [0.1, 0.15) is 11.3 Å². The second-order valence-electron chi connectivity index (χ2n) is 3.94. The van der Waals surface area contributed by atoms with E-state index in [1.54, 1.807) is 0 Å². The summed E-state index contributed by atoms with van der Waals surface area (Å²) in [7, 11) is 0. The largest absolute Gasteiger partial charge is 0.461 e. The first-order valence-electron chi connectivity index (χ1n) is 5.32. The van der Waals surface area contributed by atoms with Crippen LogP contribution in [0.3, 0.4) is 0 Å². The van der Waals surface area contributed by atoms with Crippen LogP contribution in [-0.4, -0.2) is 11.7 Å². The monoisotopic (exact) mass is 204 g/mol. The van der Waals surface area contributed by atoms with E-state index in [0.717, 1.165) is 24.2 Å². The Morgan fingerprint density at radius 3 is 2.80 bits per heavy atom. The summed E-state index contributed by atoms with van der Waals surface area (Å²) < 4.78 is 5.61. The number of rotatable bonds is 3. The number of aryl methyl sites for hydroxylation is 3. The van der Waals surface area contributed by atoms with Crippen molar-refractivity contribution < 1.29 is 9.52 Å². The molecule has 0 bridgehead atoms. The minimum absolute atomic E-state index is 0.251.